The van der Waals surface area contributed by atoms with Gasteiger partial charge in [-0.25, -0.2) is 9.97 Å². The summed E-state index contributed by atoms with van der Waals surface area (Å²) >= 11 is 0. The maximum atomic E-state index is 13.3. The number of para-hydroxylation sites is 1. The molecule has 4 aromatic rings. The van der Waals surface area contributed by atoms with Crippen molar-refractivity contribution in [3.8, 4) is 0 Å². The number of aromatic nitrogens is 3. The van der Waals surface area contributed by atoms with Gasteiger partial charge in [-0.15, -0.1) is 0 Å². The van der Waals surface area contributed by atoms with Gasteiger partial charge in [-0.2, -0.15) is 13.2 Å². The first kappa shape index (κ1) is 18.5. The summed E-state index contributed by atoms with van der Waals surface area (Å²) in [7, 11) is 0. The number of hydrogen-bond donors (Lipinski definition) is 1. The summed E-state index contributed by atoms with van der Waals surface area (Å²) in [4.78, 5) is 25.0. The third-order valence-electron chi connectivity index (χ3n) is 5.34. The van der Waals surface area contributed by atoms with Gasteiger partial charge in [0.15, 0.2) is 12.1 Å². The standard InChI is InChI=1S/C20H15F3N4O3/c1-10-11-4-2-3-5-13(11)30-16(10)15-14-12(24-8-25-14)6-7-27(15)19(28)17-18(20(21,22)23)26-9-29-17/h2-5,8-9,15H,6-7H2,1H3,(H,24,25)/t15-/m0/s1. The molecule has 30 heavy (non-hydrogen) atoms. The van der Waals surface area contributed by atoms with Crippen LogP contribution in [-0.2, 0) is 12.6 Å². The fourth-order valence-electron chi connectivity index (χ4n) is 3.95. The number of nitrogens with one attached hydrogen (secondary N) is 1. The summed E-state index contributed by atoms with van der Waals surface area (Å²) in [6.07, 6.45) is -2.27. The van der Waals surface area contributed by atoms with Gasteiger partial charge in [-0.1, -0.05) is 18.2 Å². The van der Waals surface area contributed by atoms with Crippen LogP contribution in [0.25, 0.3) is 11.0 Å². The lowest BCUT2D eigenvalue weighted by molar-refractivity contribution is -0.141. The van der Waals surface area contributed by atoms with Crippen molar-refractivity contribution in [3.63, 3.8) is 0 Å². The maximum absolute atomic E-state index is 13.3. The number of aryl methyl sites for hydroxylation is 1. The van der Waals surface area contributed by atoms with E-state index in [2.05, 4.69) is 15.0 Å². The number of fused-ring (bicyclic) bond motifs is 2. The van der Waals surface area contributed by atoms with E-state index in [-0.39, 0.29) is 6.54 Å². The summed E-state index contributed by atoms with van der Waals surface area (Å²) in [5, 5.41) is 0.859. The number of imidazole rings is 1. The SMILES string of the molecule is Cc1c([C@@H]2c3nc[nH]c3CCN2C(=O)c2ocnc2C(F)(F)F)oc2ccccc12. The smallest absolute Gasteiger partial charge is 0.437 e. The molecular formula is C20H15F3N4O3. The molecule has 154 valence electrons. The van der Waals surface area contributed by atoms with Crippen LogP contribution in [0.2, 0.25) is 0 Å². The summed E-state index contributed by atoms with van der Waals surface area (Å²) in [6.45, 7) is 2.01. The number of furan rings is 1. The van der Waals surface area contributed by atoms with Crippen molar-refractivity contribution in [1.82, 2.24) is 19.9 Å². The average Bonchev–Trinajstić information content (AvgIpc) is 3.45. The van der Waals surface area contributed by atoms with E-state index in [0.717, 1.165) is 16.6 Å². The van der Waals surface area contributed by atoms with E-state index in [9.17, 15) is 18.0 Å². The highest BCUT2D eigenvalue weighted by Gasteiger charge is 2.44. The van der Waals surface area contributed by atoms with Gasteiger partial charge >= 0.3 is 6.18 Å². The van der Waals surface area contributed by atoms with Gasteiger partial charge in [0.05, 0.1) is 12.0 Å². The van der Waals surface area contributed by atoms with Crippen LogP contribution in [-0.4, -0.2) is 32.3 Å². The van der Waals surface area contributed by atoms with E-state index < -0.39 is 29.6 Å². The van der Waals surface area contributed by atoms with Crippen molar-refractivity contribution in [2.75, 3.05) is 6.54 Å². The fourth-order valence-corrected chi connectivity index (χ4v) is 3.95. The van der Waals surface area contributed by atoms with Gasteiger partial charge in [0.2, 0.25) is 5.76 Å². The second kappa shape index (κ2) is 6.48. The van der Waals surface area contributed by atoms with Gasteiger partial charge in [0, 0.05) is 29.6 Å². The number of aromatic amines is 1. The molecular weight excluding hydrogens is 401 g/mol. The van der Waals surface area contributed by atoms with Gasteiger partial charge in [-0.05, 0) is 13.0 Å². The zero-order valence-corrected chi connectivity index (χ0v) is 15.7. The Hall–Kier alpha value is -3.56. The minimum absolute atomic E-state index is 0.160. The van der Waals surface area contributed by atoms with Crippen LogP contribution < -0.4 is 0 Å². The van der Waals surface area contributed by atoms with Crippen molar-refractivity contribution < 1.29 is 26.8 Å². The zero-order chi connectivity index (χ0) is 21.0. The molecule has 1 aliphatic rings. The highest BCUT2D eigenvalue weighted by Crippen LogP contribution is 2.40. The summed E-state index contributed by atoms with van der Waals surface area (Å²) in [5.41, 5.74) is 1.40. The van der Waals surface area contributed by atoms with Crippen LogP contribution >= 0.6 is 0 Å². The van der Waals surface area contributed by atoms with Crippen molar-refractivity contribution in [1.29, 1.82) is 0 Å². The molecule has 0 fully saturated rings. The first-order valence-electron chi connectivity index (χ1n) is 9.18. The number of amides is 1. The minimum atomic E-state index is -4.81. The van der Waals surface area contributed by atoms with Gasteiger partial charge < -0.3 is 18.7 Å². The number of carbonyl (C=O) groups is 1. The Balaban J connectivity index is 1.66. The molecule has 1 aromatic carbocycles. The number of carbonyl (C=O) groups excluding carboxylic acids is 1. The number of hydrogen-bond acceptors (Lipinski definition) is 5. The second-order valence-electron chi connectivity index (χ2n) is 7.03. The van der Waals surface area contributed by atoms with E-state index in [1.165, 1.54) is 11.2 Å². The van der Waals surface area contributed by atoms with E-state index in [1.54, 1.807) is 6.07 Å². The lowest BCUT2D eigenvalue weighted by Gasteiger charge is -2.33. The normalized spacial score (nSPS) is 16.8. The molecule has 1 aliphatic heterocycles. The van der Waals surface area contributed by atoms with Crippen molar-refractivity contribution in [3.05, 3.63) is 71.2 Å². The third kappa shape index (κ3) is 2.71. The topological polar surface area (TPSA) is 88.2 Å². The maximum Gasteiger partial charge on any atom is 0.437 e. The molecule has 1 N–H and O–H groups in total. The lowest BCUT2D eigenvalue weighted by atomic mass is 9.97. The predicted octanol–water partition coefficient (Wildman–Crippen LogP) is 4.26. The van der Waals surface area contributed by atoms with E-state index in [1.807, 2.05) is 25.1 Å². The van der Waals surface area contributed by atoms with Crippen LogP contribution in [0.15, 0.2) is 45.8 Å². The molecule has 4 heterocycles. The molecule has 1 amide bonds. The number of nitrogens with zero attached hydrogens (tertiary/aromatic N) is 3. The molecule has 0 saturated carbocycles. The average molecular weight is 416 g/mol. The van der Waals surface area contributed by atoms with Crippen LogP contribution in [0, 0.1) is 6.92 Å². The Labute approximate surface area is 167 Å². The summed E-state index contributed by atoms with van der Waals surface area (Å²) < 4.78 is 50.8. The van der Waals surface area contributed by atoms with Crippen LogP contribution in [0.5, 0.6) is 0 Å². The largest absolute Gasteiger partial charge is 0.458 e. The molecule has 0 saturated heterocycles. The first-order chi connectivity index (χ1) is 14.4. The molecule has 1 atom stereocenters. The quantitative estimate of drug-likeness (QED) is 0.528. The van der Waals surface area contributed by atoms with E-state index in [0.29, 0.717) is 29.9 Å². The highest BCUT2D eigenvalue weighted by molar-refractivity contribution is 5.93. The van der Waals surface area contributed by atoms with Crippen molar-refractivity contribution >= 4 is 16.9 Å². The van der Waals surface area contributed by atoms with Crippen molar-refractivity contribution in [2.45, 2.75) is 25.6 Å². The number of benzene rings is 1. The molecule has 0 radical (unpaired) electrons. The summed E-state index contributed by atoms with van der Waals surface area (Å²) in [5.74, 6) is -1.32. The lowest BCUT2D eigenvalue weighted by Crippen LogP contribution is -2.41. The molecule has 0 unspecified atom stereocenters. The molecule has 10 heteroatoms. The molecule has 0 aliphatic carbocycles. The number of oxazole rings is 1. The Bertz CT molecular complexity index is 1250. The molecule has 7 nitrogen and oxygen atoms in total. The Morgan fingerprint density at radius 1 is 1.27 bits per heavy atom. The molecule has 0 spiro atoms. The first-order valence-corrected chi connectivity index (χ1v) is 9.18. The van der Waals surface area contributed by atoms with E-state index >= 15 is 0 Å². The summed E-state index contributed by atoms with van der Waals surface area (Å²) in [6, 6.07) is 6.57. The highest BCUT2D eigenvalue weighted by atomic mass is 19.4. The monoisotopic (exact) mass is 416 g/mol. The predicted molar refractivity (Wildman–Crippen MR) is 97.6 cm³/mol. The second-order valence-corrected chi connectivity index (χ2v) is 7.03. The van der Waals surface area contributed by atoms with Crippen LogP contribution in [0.4, 0.5) is 13.2 Å². The Morgan fingerprint density at radius 2 is 2.07 bits per heavy atom. The number of rotatable bonds is 2. The van der Waals surface area contributed by atoms with Gasteiger partial charge in [0.1, 0.15) is 17.4 Å². The molecule has 0 bridgehead atoms. The molecule has 3 aromatic heterocycles. The fraction of sp³-hybridized carbons (Fsp3) is 0.250. The third-order valence-corrected chi connectivity index (χ3v) is 5.34. The van der Waals surface area contributed by atoms with E-state index in [4.69, 9.17) is 8.83 Å². The van der Waals surface area contributed by atoms with Gasteiger partial charge in [0.25, 0.3) is 5.91 Å². The van der Waals surface area contributed by atoms with Crippen LogP contribution in [0.1, 0.15) is 45.0 Å². The van der Waals surface area contributed by atoms with Crippen molar-refractivity contribution in [2.24, 2.45) is 0 Å². The number of H-pyrrole nitrogens is 1. The minimum Gasteiger partial charge on any atom is -0.458 e. The Morgan fingerprint density at radius 3 is 2.83 bits per heavy atom. The number of alkyl halides is 3. The van der Waals surface area contributed by atoms with Gasteiger partial charge in [-0.3, -0.25) is 4.79 Å². The zero-order valence-electron chi connectivity index (χ0n) is 15.7. The Kier molecular flexibility index (Phi) is 3.99. The number of halogens is 3. The molecule has 5 rings (SSSR count). The van der Waals surface area contributed by atoms with Crippen LogP contribution in [0.3, 0.4) is 0 Å².